The molecule has 0 fully saturated rings. The molecule has 0 aliphatic heterocycles. The number of anilines is 1. The van der Waals surface area contributed by atoms with Gasteiger partial charge in [0.25, 0.3) is 5.91 Å². The Hall–Kier alpha value is -3.25. The minimum absolute atomic E-state index is 0.235. The SMILES string of the molecule is Cc1nn(Cc2ccc(F)cc2)c(Cl)c1C(=O)Nc1ccc(C)c2ncccc12. The van der Waals surface area contributed by atoms with Gasteiger partial charge in [0.2, 0.25) is 0 Å². The Kier molecular flexibility index (Phi) is 5.03. The van der Waals surface area contributed by atoms with Crippen molar-refractivity contribution in [1.29, 1.82) is 0 Å². The molecule has 7 heteroatoms. The molecule has 0 saturated heterocycles. The molecule has 0 radical (unpaired) electrons. The number of aromatic nitrogens is 3. The molecule has 1 amide bonds. The van der Waals surface area contributed by atoms with Crippen LogP contribution in [0, 0.1) is 19.7 Å². The Labute approximate surface area is 172 Å². The van der Waals surface area contributed by atoms with Crippen molar-refractivity contribution in [2.24, 2.45) is 0 Å². The van der Waals surface area contributed by atoms with E-state index in [9.17, 15) is 9.18 Å². The average molecular weight is 409 g/mol. The highest BCUT2D eigenvalue weighted by atomic mass is 35.5. The summed E-state index contributed by atoms with van der Waals surface area (Å²) in [6.07, 6.45) is 1.72. The summed E-state index contributed by atoms with van der Waals surface area (Å²) in [6.45, 7) is 4.04. The number of aryl methyl sites for hydroxylation is 2. The first kappa shape index (κ1) is 19.1. The lowest BCUT2D eigenvalue weighted by atomic mass is 10.1. The predicted molar refractivity (Wildman–Crippen MR) is 112 cm³/mol. The van der Waals surface area contributed by atoms with E-state index in [1.165, 1.54) is 16.8 Å². The zero-order valence-electron chi connectivity index (χ0n) is 15.9. The molecule has 146 valence electrons. The largest absolute Gasteiger partial charge is 0.321 e. The Balaban J connectivity index is 1.64. The molecule has 0 aliphatic rings. The highest BCUT2D eigenvalue weighted by Gasteiger charge is 2.21. The first-order valence-corrected chi connectivity index (χ1v) is 9.45. The van der Waals surface area contributed by atoms with E-state index < -0.39 is 0 Å². The number of amides is 1. The van der Waals surface area contributed by atoms with Gasteiger partial charge in [-0.1, -0.05) is 29.8 Å². The summed E-state index contributed by atoms with van der Waals surface area (Å²) in [6, 6.07) is 13.6. The second kappa shape index (κ2) is 7.64. The van der Waals surface area contributed by atoms with Gasteiger partial charge in [0, 0.05) is 11.6 Å². The van der Waals surface area contributed by atoms with Crippen LogP contribution in [0.15, 0.2) is 54.7 Å². The fourth-order valence-corrected chi connectivity index (χ4v) is 3.61. The first-order chi connectivity index (χ1) is 13.9. The number of benzene rings is 2. The summed E-state index contributed by atoms with van der Waals surface area (Å²) >= 11 is 6.47. The third-order valence-corrected chi connectivity index (χ3v) is 5.14. The Morgan fingerprint density at radius 2 is 1.90 bits per heavy atom. The maximum atomic E-state index is 13.1. The van der Waals surface area contributed by atoms with Gasteiger partial charge in [-0.05, 0) is 55.3 Å². The minimum atomic E-state index is -0.341. The average Bonchev–Trinajstić information content (AvgIpc) is 2.99. The van der Waals surface area contributed by atoms with Crippen molar-refractivity contribution < 1.29 is 9.18 Å². The number of pyridine rings is 1. The maximum Gasteiger partial charge on any atom is 0.260 e. The summed E-state index contributed by atoms with van der Waals surface area (Å²) in [5.74, 6) is -0.650. The van der Waals surface area contributed by atoms with Crippen LogP contribution in [-0.2, 0) is 6.54 Å². The summed E-state index contributed by atoms with van der Waals surface area (Å²) in [7, 11) is 0. The number of rotatable bonds is 4. The van der Waals surface area contributed by atoms with E-state index >= 15 is 0 Å². The van der Waals surface area contributed by atoms with Gasteiger partial charge in [-0.15, -0.1) is 0 Å². The zero-order chi connectivity index (χ0) is 20.5. The van der Waals surface area contributed by atoms with Gasteiger partial charge < -0.3 is 5.32 Å². The minimum Gasteiger partial charge on any atom is -0.321 e. The Bertz CT molecular complexity index is 1220. The fourth-order valence-electron chi connectivity index (χ4n) is 3.29. The summed E-state index contributed by atoms with van der Waals surface area (Å²) in [5, 5.41) is 8.40. The summed E-state index contributed by atoms with van der Waals surface area (Å²) < 4.78 is 14.7. The molecule has 5 nitrogen and oxygen atoms in total. The number of fused-ring (bicyclic) bond motifs is 1. The van der Waals surface area contributed by atoms with E-state index in [1.54, 1.807) is 25.3 Å². The van der Waals surface area contributed by atoms with E-state index in [0.29, 0.717) is 23.5 Å². The molecule has 0 atom stereocenters. The highest BCUT2D eigenvalue weighted by Crippen LogP contribution is 2.27. The van der Waals surface area contributed by atoms with Gasteiger partial charge in [-0.25, -0.2) is 9.07 Å². The molecule has 4 aromatic rings. The van der Waals surface area contributed by atoms with Crippen molar-refractivity contribution in [1.82, 2.24) is 14.8 Å². The molecule has 1 N–H and O–H groups in total. The second-order valence-electron chi connectivity index (χ2n) is 6.82. The number of nitrogens with one attached hydrogen (secondary N) is 1. The highest BCUT2D eigenvalue weighted by molar-refractivity contribution is 6.33. The number of halogens is 2. The molecule has 2 heterocycles. The second-order valence-corrected chi connectivity index (χ2v) is 7.18. The van der Waals surface area contributed by atoms with E-state index in [4.69, 9.17) is 11.6 Å². The molecule has 0 aliphatic carbocycles. The summed E-state index contributed by atoms with van der Waals surface area (Å²) in [5.41, 5.74) is 4.18. The summed E-state index contributed by atoms with van der Waals surface area (Å²) in [4.78, 5) is 17.4. The van der Waals surface area contributed by atoms with Gasteiger partial charge >= 0.3 is 0 Å². The third-order valence-electron chi connectivity index (χ3n) is 4.76. The molecule has 2 aromatic carbocycles. The van der Waals surface area contributed by atoms with Gasteiger partial charge in [-0.2, -0.15) is 5.10 Å². The molecule has 0 spiro atoms. The number of hydrogen-bond acceptors (Lipinski definition) is 3. The van der Waals surface area contributed by atoms with Crippen molar-refractivity contribution in [3.05, 3.63) is 88.1 Å². The lowest BCUT2D eigenvalue weighted by molar-refractivity contribution is 0.102. The monoisotopic (exact) mass is 408 g/mol. The maximum absolute atomic E-state index is 13.1. The Morgan fingerprint density at radius 1 is 1.14 bits per heavy atom. The van der Waals surface area contributed by atoms with Crippen LogP contribution in [0.1, 0.15) is 27.2 Å². The van der Waals surface area contributed by atoms with Crippen molar-refractivity contribution in [2.45, 2.75) is 20.4 Å². The lowest BCUT2D eigenvalue weighted by Crippen LogP contribution is -2.13. The van der Waals surface area contributed by atoms with Crippen LogP contribution in [0.3, 0.4) is 0 Å². The van der Waals surface area contributed by atoms with Crippen molar-refractivity contribution in [3.8, 4) is 0 Å². The van der Waals surface area contributed by atoms with Crippen LogP contribution in [0.2, 0.25) is 5.15 Å². The molecule has 0 bridgehead atoms. The molecule has 29 heavy (non-hydrogen) atoms. The predicted octanol–water partition coefficient (Wildman–Crippen LogP) is 5.14. The topological polar surface area (TPSA) is 59.8 Å². The van der Waals surface area contributed by atoms with Crippen molar-refractivity contribution in [2.75, 3.05) is 5.32 Å². The molecular formula is C22H18ClFN4O. The van der Waals surface area contributed by atoms with Crippen LogP contribution < -0.4 is 5.32 Å². The molecule has 2 aromatic heterocycles. The number of hydrogen-bond donors (Lipinski definition) is 1. The Morgan fingerprint density at radius 3 is 2.66 bits per heavy atom. The number of nitrogens with zero attached hydrogens (tertiary/aromatic N) is 3. The standard InChI is InChI=1S/C22H18ClFN4O/c1-13-5-10-18(17-4-3-11-25-20(13)17)26-22(29)19-14(2)27-28(21(19)23)12-15-6-8-16(24)9-7-15/h3-11H,12H2,1-2H3,(H,26,29). The van der Waals surface area contributed by atoms with Crippen LogP contribution in [0.4, 0.5) is 10.1 Å². The van der Waals surface area contributed by atoms with Gasteiger partial charge in [0.1, 0.15) is 11.0 Å². The lowest BCUT2D eigenvalue weighted by Gasteiger charge is -2.10. The smallest absolute Gasteiger partial charge is 0.260 e. The zero-order valence-corrected chi connectivity index (χ0v) is 16.7. The quantitative estimate of drug-likeness (QED) is 0.508. The third kappa shape index (κ3) is 3.71. The molecule has 0 saturated carbocycles. The van der Waals surface area contributed by atoms with Crippen LogP contribution in [0.25, 0.3) is 10.9 Å². The first-order valence-electron chi connectivity index (χ1n) is 9.07. The molecule has 4 rings (SSSR count). The number of carbonyl (C=O) groups excluding carboxylic acids is 1. The van der Waals surface area contributed by atoms with Crippen molar-refractivity contribution >= 4 is 34.1 Å². The van der Waals surface area contributed by atoms with Crippen LogP contribution in [-0.4, -0.2) is 20.7 Å². The van der Waals surface area contributed by atoms with E-state index in [1.807, 2.05) is 31.2 Å². The van der Waals surface area contributed by atoms with Crippen molar-refractivity contribution in [3.63, 3.8) is 0 Å². The van der Waals surface area contributed by atoms with Gasteiger partial charge in [0.15, 0.2) is 0 Å². The molecule has 0 unspecified atom stereocenters. The van der Waals surface area contributed by atoms with Crippen LogP contribution in [0.5, 0.6) is 0 Å². The van der Waals surface area contributed by atoms with Gasteiger partial charge in [0.05, 0.1) is 29.0 Å². The molecular weight excluding hydrogens is 391 g/mol. The number of carbonyl (C=O) groups is 1. The van der Waals surface area contributed by atoms with E-state index in [2.05, 4.69) is 15.4 Å². The van der Waals surface area contributed by atoms with E-state index in [-0.39, 0.29) is 16.9 Å². The fraction of sp³-hybridized carbons (Fsp3) is 0.136. The normalized spacial score (nSPS) is 11.0. The van der Waals surface area contributed by atoms with E-state index in [0.717, 1.165) is 22.0 Å². The van der Waals surface area contributed by atoms with Crippen LogP contribution >= 0.6 is 11.6 Å². The van der Waals surface area contributed by atoms with Gasteiger partial charge in [-0.3, -0.25) is 9.78 Å².